The van der Waals surface area contributed by atoms with Crippen molar-refractivity contribution in [1.82, 2.24) is 0 Å². The van der Waals surface area contributed by atoms with Crippen molar-refractivity contribution >= 4 is 15.5 Å². The number of nitrogens with zero attached hydrogens (tertiary/aromatic N) is 1. The van der Waals surface area contributed by atoms with Crippen molar-refractivity contribution in [2.45, 2.75) is 13.0 Å². The number of nitro groups is 1. The SMILES string of the molecule is C=C(Cc1ccc(F)cc1)[Si]OCc1ccccc1[N+](=O)[O-]. The zero-order chi connectivity index (χ0) is 15.9. The van der Waals surface area contributed by atoms with Gasteiger partial charge in [-0.2, -0.15) is 0 Å². The predicted molar refractivity (Wildman–Crippen MR) is 82.9 cm³/mol. The zero-order valence-electron chi connectivity index (χ0n) is 11.8. The molecule has 0 unspecified atom stereocenters. The molecule has 0 N–H and O–H groups in total. The first kappa shape index (κ1) is 16.1. The minimum Gasteiger partial charge on any atom is -0.407 e. The molecule has 0 bridgehead atoms. The van der Waals surface area contributed by atoms with Crippen LogP contribution < -0.4 is 0 Å². The van der Waals surface area contributed by atoms with Gasteiger partial charge >= 0.3 is 0 Å². The number of allylic oxidation sites excluding steroid dienone is 1. The van der Waals surface area contributed by atoms with Gasteiger partial charge in [0.25, 0.3) is 15.5 Å². The van der Waals surface area contributed by atoms with Crippen LogP contribution in [0.5, 0.6) is 0 Å². The lowest BCUT2D eigenvalue weighted by atomic mass is 10.1. The molecule has 0 aromatic heterocycles. The van der Waals surface area contributed by atoms with Gasteiger partial charge in [-0.15, -0.1) is 6.58 Å². The molecular weight excluding hydrogens is 301 g/mol. The number of benzene rings is 2. The van der Waals surface area contributed by atoms with Gasteiger partial charge in [0.1, 0.15) is 5.82 Å². The van der Waals surface area contributed by atoms with Gasteiger partial charge in [-0.1, -0.05) is 29.5 Å². The molecule has 0 amide bonds. The molecule has 2 aromatic rings. The molecule has 22 heavy (non-hydrogen) atoms. The molecule has 2 aromatic carbocycles. The lowest BCUT2D eigenvalue weighted by Crippen LogP contribution is -2.06. The van der Waals surface area contributed by atoms with Crippen LogP contribution in [-0.2, 0) is 17.5 Å². The summed E-state index contributed by atoms with van der Waals surface area (Å²) in [5, 5.41) is 11.7. The van der Waals surface area contributed by atoms with Gasteiger partial charge in [0.05, 0.1) is 17.1 Å². The summed E-state index contributed by atoms with van der Waals surface area (Å²) in [4.78, 5) is 10.5. The Morgan fingerprint density at radius 1 is 1.23 bits per heavy atom. The highest BCUT2D eigenvalue weighted by Crippen LogP contribution is 2.18. The van der Waals surface area contributed by atoms with Gasteiger partial charge in [0, 0.05) is 6.07 Å². The first-order valence-corrected chi connectivity index (χ1v) is 7.49. The van der Waals surface area contributed by atoms with E-state index in [-0.39, 0.29) is 27.9 Å². The fraction of sp³-hybridized carbons (Fsp3) is 0.125. The summed E-state index contributed by atoms with van der Waals surface area (Å²) in [7, 11) is 0.0335. The van der Waals surface area contributed by atoms with E-state index in [1.165, 1.54) is 18.2 Å². The molecule has 0 saturated carbocycles. The Morgan fingerprint density at radius 2 is 1.91 bits per heavy atom. The topological polar surface area (TPSA) is 52.4 Å². The maximum absolute atomic E-state index is 12.8. The molecule has 2 rings (SSSR count). The predicted octanol–water partition coefficient (Wildman–Crippen LogP) is 3.63. The molecule has 0 atom stereocenters. The molecule has 0 aliphatic heterocycles. The monoisotopic (exact) mass is 315 g/mol. The summed E-state index contributed by atoms with van der Waals surface area (Å²) < 4.78 is 18.3. The Morgan fingerprint density at radius 3 is 2.59 bits per heavy atom. The van der Waals surface area contributed by atoms with E-state index < -0.39 is 4.92 Å². The van der Waals surface area contributed by atoms with Crippen molar-refractivity contribution in [2.75, 3.05) is 0 Å². The van der Waals surface area contributed by atoms with E-state index in [4.69, 9.17) is 4.43 Å². The van der Waals surface area contributed by atoms with Gasteiger partial charge in [0.15, 0.2) is 0 Å². The van der Waals surface area contributed by atoms with Crippen LogP contribution in [0.1, 0.15) is 11.1 Å². The number of para-hydroxylation sites is 1. The molecule has 0 heterocycles. The average Bonchev–Trinajstić information content (AvgIpc) is 2.50. The largest absolute Gasteiger partial charge is 0.407 e. The molecule has 0 fully saturated rings. The highest BCUT2D eigenvalue weighted by atomic mass is 28.2. The average molecular weight is 315 g/mol. The quantitative estimate of drug-likeness (QED) is 0.445. The van der Waals surface area contributed by atoms with Crippen LogP contribution >= 0.6 is 0 Å². The van der Waals surface area contributed by atoms with Crippen LogP contribution in [-0.4, -0.2) is 14.7 Å². The Hall–Kier alpha value is -2.31. The van der Waals surface area contributed by atoms with Crippen LogP contribution in [0.2, 0.25) is 0 Å². The van der Waals surface area contributed by atoms with E-state index in [1.807, 2.05) is 0 Å². The van der Waals surface area contributed by atoms with Crippen molar-refractivity contribution in [1.29, 1.82) is 0 Å². The summed E-state index contributed by atoms with van der Waals surface area (Å²) in [5.74, 6) is -0.274. The number of rotatable bonds is 7. The lowest BCUT2D eigenvalue weighted by molar-refractivity contribution is -0.385. The van der Waals surface area contributed by atoms with Gasteiger partial charge in [-0.3, -0.25) is 10.1 Å². The van der Waals surface area contributed by atoms with Crippen molar-refractivity contribution in [3.63, 3.8) is 0 Å². The van der Waals surface area contributed by atoms with Crippen LogP contribution in [0.3, 0.4) is 0 Å². The number of halogens is 1. The summed E-state index contributed by atoms with van der Waals surface area (Å²) in [6.07, 6.45) is 0.593. The Labute approximate surface area is 130 Å². The Balaban J connectivity index is 1.85. The van der Waals surface area contributed by atoms with E-state index in [0.717, 1.165) is 10.8 Å². The molecule has 112 valence electrons. The van der Waals surface area contributed by atoms with Crippen molar-refractivity contribution in [3.8, 4) is 0 Å². The van der Waals surface area contributed by atoms with E-state index in [0.29, 0.717) is 12.0 Å². The van der Waals surface area contributed by atoms with E-state index in [9.17, 15) is 14.5 Å². The Kier molecular flexibility index (Phi) is 5.57. The van der Waals surface area contributed by atoms with Crippen LogP contribution in [0, 0.1) is 15.9 Å². The summed E-state index contributed by atoms with van der Waals surface area (Å²) in [6.45, 7) is 4.09. The first-order valence-electron chi connectivity index (χ1n) is 6.58. The Bertz CT molecular complexity index is 673. The van der Waals surface area contributed by atoms with Crippen molar-refractivity contribution < 1.29 is 13.7 Å². The zero-order valence-corrected chi connectivity index (χ0v) is 12.8. The fourth-order valence-electron chi connectivity index (χ4n) is 1.91. The minimum atomic E-state index is -0.421. The summed E-state index contributed by atoms with van der Waals surface area (Å²) in [5.41, 5.74) is 1.54. The smallest absolute Gasteiger partial charge is 0.274 e. The van der Waals surface area contributed by atoms with Crippen LogP contribution in [0.15, 0.2) is 60.3 Å². The van der Waals surface area contributed by atoms with Crippen molar-refractivity contribution in [2.24, 2.45) is 0 Å². The maximum Gasteiger partial charge on any atom is 0.274 e. The highest BCUT2D eigenvalue weighted by molar-refractivity contribution is 6.37. The molecule has 4 nitrogen and oxygen atoms in total. The van der Waals surface area contributed by atoms with E-state index in [2.05, 4.69) is 6.58 Å². The molecule has 0 aliphatic carbocycles. The molecule has 6 heteroatoms. The van der Waals surface area contributed by atoms with Gasteiger partial charge in [0.2, 0.25) is 0 Å². The van der Waals surface area contributed by atoms with Gasteiger partial charge in [-0.25, -0.2) is 4.39 Å². The normalized spacial score (nSPS) is 10.4. The minimum absolute atomic E-state index is 0.0335. The second-order valence-corrected chi connectivity index (χ2v) is 5.88. The molecule has 0 spiro atoms. The highest BCUT2D eigenvalue weighted by Gasteiger charge is 2.12. The maximum atomic E-state index is 12.8. The molecule has 0 saturated heterocycles. The summed E-state index contributed by atoms with van der Waals surface area (Å²) in [6, 6.07) is 12.7. The van der Waals surface area contributed by atoms with Crippen molar-refractivity contribution in [3.05, 3.63) is 87.4 Å². The van der Waals surface area contributed by atoms with Crippen LogP contribution in [0.25, 0.3) is 0 Å². The standard InChI is InChI=1S/C16H14FNO3Si/c1-12(10-13-6-8-15(17)9-7-13)22-21-11-14-4-2-3-5-16(14)18(19)20/h2-9H,1,10-11H2. The second-order valence-electron chi connectivity index (χ2n) is 4.68. The number of hydrogen-bond acceptors (Lipinski definition) is 3. The fourth-order valence-corrected chi connectivity index (χ4v) is 2.62. The molecule has 2 radical (unpaired) electrons. The first-order chi connectivity index (χ1) is 10.6. The molecular formula is C16H14FNO3Si. The van der Waals surface area contributed by atoms with E-state index >= 15 is 0 Å². The second kappa shape index (κ2) is 7.63. The van der Waals surface area contributed by atoms with Crippen LogP contribution in [0.4, 0.5) is 10.1 Å². The number of nitro benzene ring substituents is 1. The third-order valence-electron chi connectivity index (χ3n) is 2.96. The third-order valence-corrected chi connectivity index (χ3v) is 3.72. The third kappa shape index (κ3) is 4.61. The van der Waals surface area contributed by atoms with Gasteiger partial charge in [-0.05, 0) is 30.2 Å². The van der Waals surface area contributed by atoms with E-state index in [1.54, 1.807) is 30.3 Å². The molecule has 0 aliphatic rings. The number of hydrogen-bond donors (Lipinski definition) is 0. The lowest BCUT2D eigenvalue weighted by Gasteiger charge is -2.06. The van der Waals surface area contributed by atoms with Gasteiger partial charge < -0.3 is 4.43 Å². The summed E-state index contributed by atoms with van der Waals surface area (Å²) >= 11 is 0.